The quantitative estimate of drug-likeness (QED) is 0.699. The molecule has 0 aliphatic heterocycles. The van der Waals surface area contributed by atoms with Gasteiger partial charge >= 0.3 is 0 Å². The molecule has 1 aromatic rings. The maximum absolute atomic E-state index is 2.23. The van der Waals surface area contributed by atoms with Gasteiger partial charge in [0.1, 0.15) is 0 Å². The number of anilines is 1. The molecule has 0 aromatic heterocycles. The van der Waals surface area contributed by atoms with Crippen LogP contribution in [0.5, 0.6) is 0 Å². The predicted octanol–water partition coefficient (Wildman–Crippen LogP) is 4.00. The van der Waals surface area contributed by atoms with E-state index in [1.165, 1.54) is 30.5 Å². The molecule has 0 N–H and O–H groups in total. The van der Waals surface area contributed by atoms with E-state index in [4.69, 9.17) is 0 Å². The zero-order valence-corrected chi connectivity index (χ0v) is 10.0. The van der Waals surface area contributed by atoms with Crippen molar-refractivity contribution in [2.45, 2.75) is 33.1 Å². The molecule has 1 heteroatoms. The molecular weight excluding hydrogens is 182 g/mol. The van der Waals surface area contributed by atoms with E-state index in [1.54, 1.807) is 0 Å². The van der Waals surface area contributed by atoms with E-state index in [-0.39, 0.29) is 0 Å². The highest BCUT2D eigenvalue weighted by atomic mass is 15.1. The first-order valence-corrected chi connectivity index (χ1v) is 5.72. The van der Waals surface area contributed by atoms with Gasteiger partial charge in [0.15, 0.2) is 0 Å². The summed E-state index contributed by atoms with van der Waals surface area (Å²) in [6.45, 7) is 4.26. The third kappa shape index (κ3) is 3.78. The van der Waals surface area contributed by atoms with Gasteiger partial charge < -0.3 is 4.90 Å². The van der Waals surface area contributed by atoms with Gasteiger partial charge in [0, 0.05) is 12.7 Å². The highest BCUT2D eigenvalue weighted by molar-refractivity contribution is 5.49. The van der Waals surface area contributed by atoms with Crippen LogP contribution in [0.25, 0.3) is 0 Å². The van der Waals surface area contributed by atoms with Gasteiger partial charge in [-0.25, -0.2) is 0 Å². The molecule has 0 unspecified atom stereocenters. The molecule has 1 aromatic carbocycles. The fourth-order valence-electron chi connectivity index (χ4n) is 1.59. The second kappa shape index (κ2) is 6.28. The molecule has 82 valence electrons. The van der Waals surface area contributed by atoms with Crippen LogP contribution in [0.4, 0.5) is 5.69 Å². The van der Waals surface area contributed by atoms with Gasteiger partial charge in [0.05, 0.1) is 0 Å². The molecule has 0 radical (unpaired) electrons. The zero-order chi connectivity index (χ0) is 11.1. The number of benzene rings is 1. The molecule has 0 saturated heterocycles. The average molecular weight is 203 g/mol. The van der Waals surface area contributed by atoms with Crippen LogP contribution in [0.2, 0.25) is 0 Å². The van der Waals surface area contributed by atoms with Crippen molar-refractivity contribution in [1.82, 2.24) is 0 Å². The lowest BCUT2D eigenvalue weighted by Crippen LogP contribution is -2.07. The first-order valence-electron chi connectivity index (χ1n) is 5.72. The Morgan fingerprint density at radius 3 is 2.40 bits per heavy atom. The van der Waals surface area contributed by atoms with Crippen LogP contribution in [0.15, 0.2) is 36.5 Å². The number of nitrogens with zero attached hydrogens (tertiary/aromatic N) is 1. The van der Waals surface area contributed by atoms with Crippen molar-refractivity contribution in [3.63, 3.8) is 0 Å². The van der Waals surface area contributed by atoms with Crippen molar-refractivity contribution in [2.75, 3.05) is 11.9 Å². The number of allylic oxidation sites excluding steroid dienone is 1. The van der Waals surface area contributed by atoms with Crippen molar-refractivity contribution < 1.29 is 0 Å². The summed E-state index contributed by atoms with van der Waals surface area (Å²) in [7, 11) is 2.07. The van der Waals surface area contributed by atoms with Gasteiger partial charge in [-0.05, 0) is 43.7 Å². The Morgan fingerprint density at radius 2 is 1.87 bits per heavy atom. The maximum atomic E-state index is 2.23. The first kappa shape index (κ1) is 11.8. The third-order valence-electron chi connectivity index (χ3n) is 2.54. The lowest BCUT2D eigenvalue weighted by atomic mass is 10.1. The van der Waals surface area contributed by atoms with Gasteiger partial charge in [-0.1, -0.05) is 31.6 Å². The summed E-state index contributed by atoms with van der Waals surface area (Å²) in [6.07, 6.45) is 7.86. The van der Waals surface area contributed by atoms with Crippen LogP contribution >= 0.6 is 0 Å². The monoisotopic (exact) mass is 203 g/mol. The Kier molecular flexibility index (Phi) is 4.96. The molecule has 1 nitrogen and oxygen atoms in total. The van der Waals surface area contributed by atoms with Crippen LogP contribution in [0.1, 0.15) is 32.3 Å². The first-order chi connectivity index (χ1) is 7.27. The lowest BCUT2D eigenvalue weighted by molar-refractivity contribution is 0.795. The Balaban J connectivity index is 2.63. The van der Waals surface area contributed by atoms with E-state index in [0.717, 1.165) is 0 Å². The van der Waals surface area contributed by atoms with Crippen molar-refractivity contribution in [2.24, 2.45) is 0 Å². The fourth-order valence-corrected chi connectivity index (χ4v) is 1.59. The van der Waals surface area contributed by atoms with E-state index < -0.39 is 0 Å². The number of hydrogen-bond acceptors (Lipinski definition) is 1. The van der Waals surface area contributed by atoms with Crippen LogP contribution in [0.3, 0.4) is 0 Å². The summed E-state index contributed by atoms with van der Waals surface area (Å²) in [5.74, 6) is 0. The minimum absolute atomic E-state index is 1.20. The second-order valence-corrected chi connectivity index (χ2v) is 3.86. The largest absolute Gasteiger partial charge is 0.351 e. The number of hydrogen-bond donors (Lipinski definition) is 0. The van der Waals surface area contributed by atoms with Gasteiger partial charge in [-0.2, -0.15) is 0 Å². The molecule has 0 spiro atoms. The van der Waals surface area contributed by atoms with Crippen LogP contribution in [0, 0.1) is 0 Å². The van der Waals surface area contributed by atoms with E-state index >= 15 is 0 Å². The molecule has 0 aliphatic rings. The second-order valence-electron chi connectivity index (χ2n) is 3.86. The van der Waals surface area contributed by atoms with E-state index in [9.17, 15) is 0 Å². The summed E-state index contributed by atoms with van der Waals surface area (Å²) < 4.78 is 0. The maximum Gasteiger partial charge on any atom is 0.0403 e. The summed E-state index contributed by atoms with van der Waals surface area (Å²) in [5, 5.41) is 0. The zero-order valence-electron chi connectivity index (χ0n) is 10.0. The molecule has 0 aliphatic carbocycles. The summed E-state index contributed by atoms with van der Waals surface area (Å²) >= 11 is 0. The smallest absolute Gasteiger partial charge is 0.0403 e. The highest BCUT2D eigenvalue weighted by Crippen LogP contribution is 2.15. The molecule has 0 bridgehead atoms. The molecule has 0 heterocycles. The Labute approximate surface area is 93.4 Å². The van der Waals surface area contributed by atoms with Crippen molar-refractivity contribution in [3.05, 3.63) is 42.1 Å². The minimum atomic E-state index is 1.20. The molecule has 0 atom stereocenters. The number of aryl methyl sites for hydroxylation is 1. The summed E-state index contributed by atoms with van der Waals surface area (Å²) in [6, 6.07) is 8.83. The summed E-state index contributed by atoms with van der Waals surface area (Å²) in [5.41, 5.74) is 2.68. The molecule has 0 fully saturated rings. The van der Waals surface area contributed by atoms with Gasteiger partial charge in [0.2, 0.25) is 0 Å². The molecular formula is C14H21N. The Hall–Kier alpha value is -1.24. The van der Waals surface area contributed by atoms with Crippen LogP contribution in [-0.2, 0) is 6.42 Å². The van der Waals surface area contributed by atoms with Crippen molar-refractivity contribution in [1.29, 1.82) is 0 Å². The fraction of sp³-hybridized carbons (Fsp3) is 0.429. The van der Waals surface area contributed by atoms with Gasteiger partial charge in [-0.15, -0.1) is 0 Å². The SMILES string of the molecule is C/C=C/N(C)c1ccc(CCCC)cc1. The van der Waals surface area contributed by atoms with Crippen LogP contribution in [-0.4, -0.2) is 7.05 Å². The standard InChI is InChI=1S/C14H21N/c1-4-6-7-13-8-10-14(11-9-13)15(3)12-5-2/h5,8-12H,4,6-7H2,1-3H3/b12-5+. The third-order valence-corrected chi connectivity index (χ3v) is 2.54. The number of rotatable bonds is 5. The minimum Gasteiger partial charge on any atom is -0.351 e. The van der Waals surface area contributed by atoms with E-state index in [2.05, 4.69) is 49.3 Å². The molecule has 1 rings (SSSR count). The highest BCUT2D eigenvalue weighted by Gasteiger charge is 1.96. The van der Waals surface area contributed by atoms with Crippen LogP contribution < -0.4 is 4.90 Å². The van der Waals surface area contributed by atoms with Gasteiger partial charge in [-0.3, -0.25) is 0 Å². The summed E-state index contributed by atoms with van der Waals surface area (Å²) in [4.78, 5) is 2.13. The molecule has 0 saturated carbocycles. The lowest BCUT2D eigenvalue weighted by Gasteiger charge is -2.14. The Bertz CT molecular complexity index is 298. The Morgan fingerprint density at radius 1 is 1.20 bits per heavy atom. The van der Waals surface area contributed by atoms with Gasteiger partial charge in [0.25, 0.3) is 0 Å². The van der Waals surface area contributed by atoms with Crippen molar-refractivity contribution >= 4 is 5.69 Å². The van der Waals surface area contributed by atoms with E-state index in [1.807, 2.05) is 13.0 Å². The molecule has 0 amide bonds. The van der Waals surface area contributed by atoms with E-state index in [0.29, 0.717) is 0 Å². The predicted molar refractivity (Wildman–Crippen MR) is 68.3 cm³/mol. The average Bonchev–Trinajstić information content (AvgIpc) is 2.27. The molecule has 15 heavy (non-hydrogen) atoms. The van der Waals surface area contributed by atoms with Crippen molar-refractivity contribution in [3.8, 4) is 0 Å². The topological polar surface area (TPSA) is 3.24 Å². The number of unbranched alkanes of at least 4 members (excludes halogenated alkanes) is 1. The normalized spacial score (nSPS) is 10.9.